The zero-order valence-corrected chi connectivity index (χ0v) is 13.4. The van der Waals surface area contributed by atoms with E-state index in [-0.39, 0.29) is 12.5 Å². The highest BCUT2D eigenvalue weighted by atomic mass is 16.6. The summed E-state index contributed by atoms with van der Waals surface area (Å²) in [6, 6.07) is 10.2. The minimum atomic E-state index is -0.423. The van der Waals surface area contributed by atoms with Gasteiger partial charge in [0.1, 0.15) is 0 Å². The van der Waals surface area contributed by atoms with Crippen LogP contribution in [0.5, 0.6) is 0 Å². The van der Waals surface area contributed by atoms with Crippen LogP contribution >= 0.6 is 0 Å². The molecule has 0 spiro atoms. The number of hydrogen-bond donors (Lipinski definition) is 1. The van der Waals surface area contributed by atoms with Gasteiger partial charge in [-0.2, -0.15) is 0 Å². The Morgan fingerprint density at radius 2 is 1.87 bits per heavy atom. The van der Waals surface area contributed by atoms with E-state index in [1.165, 1.54) is 12.6 Å². The molecule has 1 saturated heterocycles. The zero-order chi connectivity index (χ0) is 16.5. The van der Waals surface area contributed by atoms with Crippen LogP contribution in [0, 0.1) is 0 Å². The lowest BCUT2D eigenvalue weighted by atomic mass is 10.2. The lowest BCUT2D eigenvalue weighted by molar-refractivity contribution is -0.123. The van der Waals surface area contributed by atoms with Gasteiger partial charge in [0.05, 0.1) is 0 Å². The van der Waals surface area contributed by atoms with Gasteiger partial charge in [-0.3, -0.25) is 9.69 Å². The summed E-state index contributed by atoms with van der Waals surface area (Å²) in [4.78, 5) is 26.8. The first-order chi connectivity index (χ1) is 11.2. The van der Waals surface area contributed by atoms with Gasteiger partial charge in [0.15, 0.2) is 6.61 Å². The average Bonchev–Trinajstić information content (AvgIpc) is 2.61. The number of piperazine rings is 1. The highest BCUT2D eigenvalue weighted by Gasteiger charge is 2.21. The predicted molar refractivity (Wildman–Crippen MR) is 88.9 cm³/mol. The molecule has 2 rings (SSSR count). The molecule has 6 nitrogen and oxygen atoms in total. The molecule has 0 aliphatic carbocycles. The van der Waals surface area contributed by atoms with Gasteiger partial charge in [0, 0.05) is 39.8 Å². The first-order valence-corrected chi connectivity index (χ1v) is 7.75. The summed E-state index contributed by atoms with van der Waals surface area (Å²) in [6.07, 6.45) is 3.81. The van der Waals surface area contributed by atoms with Crippen molar-refractivity contribution in [3.8, 4) is 0 Å². The van der Waals surface area contributed by atoms with E-state index in [0.717, 1.165) is 19.6 Å². The van der Waals surface area contributed by atoms with E-state index in [9.17, 15) is 9.59 Å². The van der Waals surface area contributed by atoms with Gasteiger partial charge in [0.25, 0.3) is 5.91 Å². The van der Waals surface area contributed by atoms with Crippen LogP contribution in [-0.2, 0) is 9.53 Å². The largest absolute Gasteiger partial charge is 0.439 e. The third kappa shape index (κ3) is 5.75. The first kappa shape index (κ1) is 17.0. The van der Waals surface area contributed by atoms with E-state index in [0.29, 0.717) is 13.1 Å². The van der Waals surface area contributed by atoms with Crippen molar-refractivity contribution in [3.63, 3.8) is 0 Å². The minimum absolute atomic E-state index is 0.227. The molecule has 124 valence electrons. The monoisotopic (exact) mass is 317 g/mol. The molecule has 1 N–H and O–H groups in total. The van der Waals surface area contributed by atoms with Crippen molar-refractivity contribution in [2.24, 2.45) is 0 Å². The normalized spacial score (nSPS) is 15.6. The molecular formula is C17H23N3O3. The van der Waals surface area contributed by atoms with Crippen molar-refractivity contribution in [2.45, 2.75) is 0 Å². The first-order valence-electron chi connectivity index (χ1n) is 7.75. The Kier molecular flexibility index (Phi) is 6.62. The molecule has 1 aromatic carbocycles. The third-order valence-electron chi connectivity index (χ3n) is 3.71. The lowest BCUT2D eigenvalue weighted by Crippen LogP contribution is -2.49. The van der Waals surface area contributed by atoms with Crippen LogP contribution in [0.3, 0.4) is 0 Å². The molecule has 0 unspecified atom stereocenters. The van der Waals surface area contributed by atoms with Gasteiger partial charge in [-0.05, 0) is 5.56 Å². The van der Waals surface area contributed by atoms with E-state index in [1.54, 1.807) is 4.90 Å². The quantitative estimate of drug-likeness (QED) is 0.886. The Balaban J connectivity index is 1.68. The van der Waals surface area contributed by atoms with Crippen molar-refractivity contribution in [1.82, 2.24) is 15.1 Å². The number of amides is 2. The second-order valence-electron chi connectivity index (χ2n) is 5.33. The number of nitrogens with zero attached hydrogens (tertiary/aromatic N) is 2. The number of benzene rings is 1. The summed E-state index contributed by atoms with van der Waals surface area (Å²) in [5.41, 5.74) is 1.18. The minimum Gasteiger partial charge on any atom is -0.439 e. The summed E-state index contributed by atoms with van der Waals surface area (Å²) in [5.74, 6) is -0.303. The number of rotatable bonds is 5. The van der Waals surface area contributed by atoms with E-state index < -0.39 is 6.09 Å². The van der Waals surface area contributed by atoms with Gasteiger partial charge < -0.3 is 15.0 Å². The van der Waals surface area contributed by atoms with E-state index in [2.05, 4.69) is 34.5 Å². The topological polar surface area (TPSA) is 61.9 Å². The molecule has 1 aliphatic rings. The zero-order valence-electron chi connectivity index (χ0n) is 13.4. The molecule has 0 aromatic heterocycles. The molecule has 1 aliphatic heterocycles. The van der Waals surface area contributed by atoms with Crippen LogP contribution in [0.15, 0.2) is 36.4 Å². The maximum absolute atomic E-state index is 11.8. The van der Waals surface area contributed by atoms with Crippen molar-refractivity contribution in [3.05, 3.63) is 42.0 Å². The van der Waals surface area contributed by atoms with Crippen LogP contribution in [0.25, 0.3) is 6.08 Å². The van der Waals surface area contributed by atoms with Crippen LogP contribution in [0.4, 0.5) is 4.79 Å². The van der Waals surface area contributed by atoms with Crippen LogP contribution < -0.4 is 5.32 Å². The second kappa shape index (κ2) is 8.95. The Morgan fingerprint density at radius 3 is 2.52 bits per heavy atom. The average molecular weight is 317 g/mol. The smallest absolute Gasteiger partial charge is 0.410 e. The number of hydrogen-bond acceptors (Lipinski definition) is 4. The lowest BCUT2D eigenvalue weighted by Gasteiger charge is -2.33. The Labute approximate surface area is 136 Å². The molecule has 2 amide bonds. The highest BCUT2D eigenvalue weighted by Crippen LogP contribution is 2.05. The fourth-order valence-electron chi connectivity index (χ4n) is 2.31. The fourth-order valence-corrected chi connectivity index (χ4v) is 2.31. The van der Waals surface area contributed by atoms with Gasteiger partial charge >= 0.3 is 6.09 Å². The van der Waals surface area contributed by atoms with Crippen molar-refractivity contribution < 1.29 is 14.3 Å². The summed E-state index contributed by atoms with van der Waals surface area (Å²) in [5, 5.41) is 2.42. The molecule has 1 heterocycles. The number of nitrogens with one attached hydrogen (secondary N) is 1. The molecule has 0 saturated carbocycles. The third-order valence-corrected chi connectivity index (χ3v) is 3.71. The number of ether oxygens (including phenoxy) is 1. The van der Waals surface area contributed by atoms with Gasteiger partial charge in [-0.15, -0.1) is 0 Å². The Bertz CT molecular complexity index is 537. The Hall–Kier alpha value is -2.34. The number of carbonyl (C=O) groups excluding carboxylic acids is 2. The van der Waals surface area contributed by atoms with E-state index in [4.69, 9.17) is 4.74 Å². The number of likely N-dealkylation sites (N-methyl/N-ethyl adjacent to an activating group) is 1. The summed E-state index contributed by atoms with van der Waals surface area (Å²) in [7, 11) is 1.51. The standard InChI is InChI=1S/C17H23N3O3/c1-18-16(21)14-23-17(22)20-12-10-19(11-13-20)9-5-8-15-6-3-2-4-7-15/h2-8H,9-14H2,1H3,(H,18,21). The van der Waals surface area contributed by atoms with Gasteiger partial charge in [-0.1, -0.05) is 42.5 Å². The molecular weight excluding hydrogens is 294 g/mol. The second-order valence-corrected chi connectivity index (χ2v) is 5.33. The van der Waals surface area contributed by atoms with E-state index in [1.807, 2.05) is 18.2 Å². The maximum Gasteiger partial charge on any atom is 0.410 e. The highest BCUT2D eigenvalue weighted by molar-refractivity contribution is 5.79. The van der Waals surface area contributed by atoms with Crippen molar-refractivity contribution in [2.75, 3.05) is 46.4 Å². The maximum atomic E-state index is 11.8. The van der Waals surface area contributed by atoms with Crippen molar-refractivity contribution in [1.29, 1.82) is 0 Å². The Morgan fingerprint density at radius 1 is 1.17 bits per heavy atom. The summed E-state index contributed by atoms with van der Waals surface area (Å²) >= 11 is 0. The van der Waals surface area contributed by atoms with Gasteiger partial charge in [-0.25, -0.2) is 4.79 Å². The summed E-state index contributed by atoms with van der Waals surface area (Å²) < 4.78 is 4.95. The molecule has 23 heavy (non-hydrogen) atoms. The van der Waals surface area contributed by atoms with Crippen LogP contribution in [-0.4, -0.2) is 68.2 Å². The van der Waals surface area contributed by atoms with Gasteiger partial charge in [0.2, 0.25) is 0 Å². The fraction of sp³-hybridized carbons (Fsp3) is 0.412. The molecule has 1 aromatic rings. The van der Waals surface area contributed by atoms with Crippen molar-refractivity contribution >= 4 is 18.1 Å². The molecule has 1 fully saturated rings. The summed E-state index contributed by atoms with van der Waals surface area (Å²) in [6.45, 7) is 3.46. The molecule has 0 atom stereocenters. The van der Waals surface area contributed by atoms with Crippen LogP contribution in [0.1, 0.15) is 5.56 Å². The van der Waals surface area contributed by atoms with Crippen LogP contribution in [0.2, 0.25) is 0 Å². The molecule has 6 heteroatoms. The molecule has 0 radical (unpaired) electrons. The number of carbonyl (C=O) groups is 2. The molecule has 0 bridgehead atoms. The SMILES string of the molecule is CNC(=O)COC(=O)N1CCN(CC=Cc2ccccc2)CC1. The van der Waals surface area contributed by atoms with E-state index >= 15 is 0 Å². The predicted octanol–water partition coefficient (Wildman–Crippen LogP) is 1.20.